The molecule has 0 aliphatic carbocycles. The van der Waals surface area contributed by atoms with Crippen molar-refractivity contribution in [3.05, 3.63) is 56.0 Å². The highest BCUT2D eigenvalue weighted by molar-refractivity contribution is 5.73. The van der Waals surface area contributed by atoms with Crippen LogP contribution in [0.4, 0.5) is 0 Å². The molecular weight excluding hydrogens is 300 g/mol. The molecule has 2 aromatic rings. The van der Waals surface area contributed by atoms with Crippen LogP contribution in [0.1, 0.15) is 16.8 Å². The summed E-state index contributed by atoms with van der Waals surface area (Å²) in [6.45, 7) is 3.35. The van der Waals surface area contributed by atoms with Gasteiger partial charge in [0.2, 0.25) is 0 Å². The highest BCUT2D eigenvalue weighted by atomic mass is 16.4. The lowest BCUT2D eigenvalue weighted by atomic mass is 10.1. The van der Waals surface area contributed by atoms with Gasteiger partial charge < -0.3 is 15.4 Å². The van der Waals surface area contributed by atoms with E-state index in [0.717, 1.165) is 4.57 Å². The third-order valence-corrected chi connectivity index (χ3v) is 3.86. The molecule has 0 amide bonds. The van der Waals surface area contributed by atoms with Crippen molar-refractivity contribution in [1.82, 2.24) is 14.1 Å². The Morgan fingerprint density at radius 1 is 1.35 bits per heavy atom. The minimum Gasteiger partial charge on any atom is -0.480 e. The van der Waals surface area contributed by atoms with E-state index in [9.17, 15) is 14.4 Å². The van der Waals surface area contributed by atoms with Gasteiger partial charge in [0, 0.05) is 24.5 Å². The molecule has 0 saturated carbocycles. The second-order valence-corrected chi connectivity index (χ2v) is 5.37. The SMILES string of the molecule is Cc1c(C)n(C)c(=O)n(-c2ccc(C[C@H](N)C(=O)O)cn2)c1=O. The van der Waals surface area contributed by atoms with Crippen LogP contribution in [0, 0.1) is 13.8 Å². The first-order chi connectivity index (χ1) is 10.7. The van der Waals surface area contributed by atoms with E-state index in [-0.39, 0.29) is 12.2 Å². The number of aliphatic carboxylic acids is 1. The van der Waals surface area contributed by atoms with E-state index in [0.29, 0.717) is 16.8 Å². The lowest BCUT2D eigenvalue weighted by molar-refractivity contribution is -0.138. The van der Waals surface area contributed by atoms with E-state index >= 15 is 0 Å². The number of pyridine rings is 1. The summed E-state index contributed by atoms with van der Waals surface area (Å²) in [5.41, 5.74) is 6.23. The Hall–Kier alpha value is -2.74. The smallest absolute Gasteiger partial charge is 0.336 e. The summed E-state index contributed by atoms with van der Waals surface area (Å²) in [6.07, 6.45) is 1.53. The lowest BCUT2D eigenvalue weighted by Crippen LogP contribution is -2.40. The molecule has 0 unspecified atom stereocenters. The van der Waals surface area contributed by atoms with Crippen molar-refractivity contribution in [2.45, 2.75) is 26.3 Å². The number of nitrogens with two attached hydrogens (primary N) is 1. The number of aromatic nitrogens is 3. The molecule has 0 fully saturated rings. The Kier molecular flexibility index (Phi) is 4.46. The molecule has 0 spiro atoms. The number of carbonyl (C=O) groups is 1. The highest BCUT2D eigenvalue weighted by Gasteiger charge is 2.15. The average molecular weight is 318 g/mol. The zero-order chi connectivity index (χ0) is 17.3. The van der Waals surface area contributed by atoms with Crippen molar-refractivity contribution in [3.63, 3.8) is 0 Å². The van der Waals surface area contributed by atoms with E-state index in [1.54, 1.807) is 27.0 Å². The molecule has 0 aromatic carbocycles. The Balaban J connectivity index is 2.47. The fourth-order valence-electron chi connectivity index (χ4n) is 2.17. The third-order valence-electron chi connectivity index (χ3n) is 3.86. The molecule has 2 rings (SSSR count). The Morgan fingerprint density at radius 3 is 2.52 bits per heavy atom. The largest absolute Gasteiger partial charge is 0.480 e. The van der Waals surface area contributed by atoms with E-state index < -0.39 is 23.3 Å². The summed E-state index contributed by atoms with van der Waals surface area (Å²) >= 11 is 0. The summed E-state index contributed by atoms with van der Waals surface area (Å²) < 4.78 is 2.37. The second-order valence-electron chi connectivity index (χ2n) is 5.37. The van der Waals surface area contributed by atoms with E-state index in [2.05, 4.69) is 4.98 Å². The van der Waals surface area contributed by atoms with Gasteiger partial charge in [0.25, 0.3) is 5.56 Å². The minimum atomic E-state index is -1.10. The molecule has 122 valence electrons. The summed E-state index contributed by atoms with van der Waals surface area (Å²) in [6, 6.07) is 2.08. The number of hydrogen-bond donors (Lipinski definition) is 2. The van der Waals surface area contributed by atoms with Crippen LogP contribution in [0.25, 0.3) is 5.82 Å². The van der Waals surface area contributed by atoms with Crippen molar-refractivity contribution in [2.24, 2.45) is 12.8 Å². The number of hydrogen-bond acceptors (Lipinski definition) is 5. The topological polar surface area (TPSA) is 120 Å². The average Bonchev–Trinajstić information content (AvgIpc) is 2.52. The molecule has 0 radical (unpaired) electrons. The van der Waals surface area contributed by atoms with Gasteiger partial charge >= 0.3 is 11.7 Å². The molecular formula is C15H18N4O4. The molecule has 2 aromatic heterocycles. The van der Waals surface area contributed by atoms with Crippen molar-refractivity contribution in [2.75, 3.05) is 0 Å². The normalized spacial score (nSPS) is 12.2. The molecule has 0 bridgehead atoms. The monoisotopic (exact) mass is 318 g/mol. The van der Waals surface area contributed by atoms with E-state index in [4.69, 9.17) is 10.8 Å². The van der Waals surface area contributed by atoms with Crippen LogP contribution in [-0.2, 0) is 18.3 Å². The van der Waals surface area contributed by atoms with Gasteiger partial charge in [-0.25, -0.2) is 14.3 Å². The number of carboxylic acid groups (broad SMARTS) is 1. The van der Waals surface area contributed by atoms with Crippen molar-refractivity contribution in [3.8, 4) is 5.82 Å². The molecule has 1 atom stereocenters. The third kappa shape index (κ3) is 3.07. The minimum absolute atomic E-state index is 0.114. The lowest BCUT2D eigenvalue weighted by Gasteiger charge is -2.12. The molecule has 3 N–H and O–H groups in total. The summed E-state index contributed by atoms with van der Waals surface area (Å²) in [5.74, 6) is -0.917. The predicted molar refractivity (Wildman–Crippen MR) is 83.9 cm³/mol. The van der Waals surface area contributed by atoms with Crippen LogP contribution in [0.5, 0.6) is 0 Å². The first-order valence-electron chi connectivity index (χ1n) is 6.97. The van der Waals surface area contributed by atoms with Crippen LogP contribution < -0.4 is 17.0 Å². The van der Waals surface area contributed by atoms with Gasteiger partial charge in [-0.05, 0) is 31.9 Å². The summed E-state index contributed by atoms with van der Waals surface area (Å²) in [4.78, 5) is 39.5. The van der Waals surface area contributed by atoms with Gasteiger partial charge in [-0.1, -0.05) is 6.07 Å². The zero-order valence-electron chi connectivity index (χ0n) is 13.1. The molecule has 2 heterocycles. The van der Waals surface area contributed by atoms with Gasteiger partial charge in [-0.2, -0.15) is 0 Å². The van der Waals surface area contributed by atoms with Crippen molar-refractivity contribution >= 4 is 5.97 Å². The van der Waals surface area contributed by atoms with Gasteiger partial charge in [-0.3, -0.25) is 9.59 Å². The van der Waals surface area contributed by atoms with E-state index in [1.807, 2.05) is 0 Å². The quantitative estimate of drug-likeness (QED) is 0.784. The van der Waals surface area contributed by atoms with Gasteiger partial charge in [0.1, 0.15) is 11.9 Å². The zero-order valence-corrected chi connectivity index (χ0v) is 13.1. The number of rotatable bonds is 4. The Bertz CT molecular complexity index is 828. The van der Waals surface area contributed by atoms with Crippen LogP contribution in [0.2, 0.25) is 0 Å². The fourth-order valence-corrected chi connectivity index (χ4v) is 2.17. The Morgan fingerprint density at radius 2 is 2.00 bits per heavy atom. The highest BCUT2D eigenvalue weighted by Crippen LogP contribution is 2.06. The van der Waals surface area contributed by atoms with Gasteiger partial charge in [0.05, 0.1) is 0 Å². The number of carboxylic acids is 1. The molecule has 0 aliphatic heterocycles. The summed E-state index contributed by atoms with van der Waals surface area (Å²) in [7, 11) is 1.58. The van der Waals surface area contributed by atoms with Gasteiger partial charge in [-0.15, -0.1) is 0 Å². The van der Waals surface area contributed by atoms with Crippen molar-refractivity contribution < 1.29 is 9.90 Å². The molecule has 0 aliphatic rings. The first kappa shape index (κ1) is 16.6. The van der Waals surface area contributed by atoms with Crippen molar-refractivity contribution in [1.29, 1.82) is 0 Å². The summed E-state index contributed by atoms with van der Waals surface area (Å²) in [5, 5.41) is 8.80. The maximum absolute atomic E-state index is 12.3. The van der Waals surface area contributed by atoms with Crippen LogP contribution >= 0.6 is 0 Å². The second kappa shape index (κ2) is 6.17. The molecule has 0 saturated heterocycles. The fraction of sp³-hybridized carbons (Fsp3) is 0.333. The van der Waals surface area contributed by atoms with Crippen LogP contribution in [0.15, 0.2) is 27.9 Å². The predicted octanol–water partition coefficient (Wildman–Crippen LogP) is -0.498. The van der Waals surface area contributed by atoms with Crippen LogP contribution in [-0.4, -0.2) is 31.2 Å². The molecule has 8 nitrogen and oxygen atoms in total. The molecule has 23 heavy (non-hydrogen) atoms. The molecule has 8 heteroatoms. The standard InChI is InChI=1S/C15H18N4O4/c1-8-9(2)18(3)15(23)19(13(8)20)12-5-4-10(7-17-12)6-11(16)14(21)22/h4-5,7,11H,6,16H2,1-3H3,(H,21,22)/t11-/m0/s1. The van der Waals surface area contributed by atoms with Gasteiger partial charge in [0.15, 0.2) is 0 Å². The number of nitrogens with zero attached hydrogens (tertiary/aromatic N) is 3. The van der Waals surface area contributed by atoms with Crippen LogP contribution in [0.3, 0.4) is 0 Å². The maximum Gasteiger partial charge on any atom is 0.336 e. The maximum atomic E-state index is 12.3. The Labute approximate surface area is 131 Å². The first-order valence-corrected chi connectivity index (χ1v) is 6.97. The van der Waals surface area contributed by atoms with E-state index in [1.165, 1.54) is 16.8 Å².